The van der Waals surface area contributed by atoms with Crippen molar-refractivity contribution in [1.29, 1.82) is 0 Å². The van der Waals surface area contributed by atoms with Crippen LogP contribution in [0.15, 0.2) is 273 Å². The molecule has 0 radical (unpaired) electrons. The summed E-state index contributed by atoms with van der Waals surface area (Å²) in [7, 11) is -2.83. The van der Waals surface area contributed by atoms with Crippen LogP contribution in [0.5, 0.6) is 0 Å². The first-order valence-corrected chi connectivity index (χ1v) is 26.2. The highest BCUT2D eigenvalue weighted by molar-refractivity contribution is 7.19. The highest BCUT2D eigenvalue weighted by Gasteiger charge is 2.41. The second-order valence-electron chi connectivity index (χ2n) is 18.4. The summed E-state index contributed by atoms with van der Waals surface area (Å²) in [5, 5.41) is 12.8. The Labute approximate surface area is 407 Å². The van der Waals surface area contributed by atoms with Gasteiger partial charge in [0.15, 0.2) is 8.07 Å². The van der Waals surface area contributed by atoms with Crippen molar-refractivity contribution >= 4 is 94.2 Å². The van der Waals surface area contributed by atoms with Gasteiger partial charge in [0.1, 0.15) is 0 Å². The van der Waals surface area contributed by atoms with E-state index < -0.39 is 8.07 Å². The first-order chi connectivity index (χ1) is 34.8. The molecule has 0 saturated carbocycles. The first-order valence-electron chi connectivity index (χ1n) is 24.2. The minimum atomic E-state index is -2.83. The van der Waals surface area contributed by atoms with Crippen molar-refractivity contribution in [2.45, 2.75) is 0 Å². The fourth-order valence-electron chi connectivity index (χ4n) is 11.9. The number of fused-ring (bicyclic) bond motifs is 9. The number of benzene rings is 11. The lowest BCUT2D eigenvalue weighted by Gasteiger charge is -2.34. The van der Waals surface area contributed by atoms with Crippen LogP contribution >= 0.6 is 0 Å². The van der Waals surface area contributed by atoms with Gasteiger partial charge in [0, 0.05) is 49.3 Å². The molecular weight excluding hydrogens is 863 g/mol. The Hall–Kier alpha value is -8.96. The fourth-order valence-corrected chi connectivity index (χ4v) is 16.7. The molecule has 328 valence electrons. The Morgan fingerprint density at radius 2 is 0.657 bits per heavy atom. The molecule has 3 heterocycles. The summed E-state index contributed by atoms with van der Waals surface area (Å²) in [6, 6.07) is 101. The van der Waals surface area contributed by atoms with Gasteiger partial charge in [0.05, 0.1) is 38.8 Å². The van der Waals surface area contributed by atoms with E-state index in [4.69, 9.17) is 0 Å². The van der Waals surface area contributed by atoms with E-state index in [9.17, 15) is 0 Å². The van der Waals surface area contributed by atoms with E-state index in [0.717, 1.165) is 17.1 Å². The van der Waals surface area contributed by atoms with E-state index in [-0.39, 0.29) is 0 Å². The van der Waals surface area contributed by atoms with Crippen LogP contribution in [-0.4, -0.2) is 21.8 Å². The van der Waals surface area contributed by atoms with E-state index in [1.807, 2.05) is 0 Å². The Morgan fingerprint density at radius 3 is 1.26 bits per heavy atom. The second-order valence-corrected chi connectivity index (χ2v) is 22.2. The molecule has 0 atom stereocenters. The number of hydrogen-bond acceptors (Lipinski definition) is 0. The molecule has 11 aromatic carbocycles. The Kier molecular flexibility index (Phi) is 9.23. The smallest absolute Gasteiger partial charge is 0.179 e. The Bertz CT molecular complexity index is 4180. The lowest BCUT2D eigenvalue weighted by molar-refractivity contribution is 1.13. The monoisotopic (exact) mass is 907 g/mol. The number of hydrogen-bond donors (Lipinski definition) is 0. The van der Waals surface area contributed by atoms with E-state index in [0.29, 0.717) is 0 Å². The van der Waals surface area contributed by atoms with Gasteiger partial charge in [0.2, 0.25) is 0 Å². The molecule has 3 nitrogen and oxygen atoms in total. The lowest BCUT2D eigenvalue weighted by atomic mass is 10.00. The summed E-state index contributed by atoms with van der Waals surface area (Å²) in [5.74, 6) is 0. The molecule has 0 aliphatic carbocycles. The Balaban J connectivity index is 1.05. The molecule has 70 heavy (non-hydrogen) atoms. The van der Waals surface area contributed by atoms with Crippen LogP contribution < -0.4 is 20.7 Å². The summed E-state index contributed by atoms with van der Waals surface area (Å²) >= 11 is 0. The van der Waals surface area contributed by atoms with Crippen molar-refractivity contribution in [3.8, 4) is 28.2 Å². The molecule has 0 amide bonds. The zero-order valence-corrected chi connectivity index (χ0v) is 39.3. The normalized spacial score (nSPS) is 12.0. The maximum atomic E-state index is 2.53. The van der Waals surface area contributed by atoms with E-state index in [1.54, 1.807) is 0 Å². The van der Waals surface area contributed by atoms with Gasteiger partial charge in [-0.2, -0.15) is 0 Å². The number of aromatic nitrogens is 3. The van der Waals surface area contributed by atoms with Gasteiger partial charge < -0.3 is 13.7 Å². The molecule has 14 aromatic rings. The minimum absolute atomic E-state index is 1.14. The third-order valence-electron chi connectivity index (χ3n) is 14.8. The number of nitrogens with zero attached hydrogens (tertiary/aromatic N) is 3. The average molecular weight is 908 g/mol. The van der Waals surface area contributed by atoms with Crippen molar-refractivity contribution < 1.29 is 0 Å². The molecule has 0 N–H and O–H groups in total. The summed E-state index contributed by atoms with van der Waals surface area (Å²) < 4.78 is 7.50. The van der Waals surface area contributed by atoms with Crippen LogP contribution in [0.25, 0.3) is 93.6 Å². The van der Waals surface area contributed by atoms with Crippen LogP contribution in [0.2, 0.25) is 0 Å². The molecular formula is C66H45N3Si. The molecule has 14 rings (SSSR count). The second kappa shape index (κ2) is 16.1. The highest BCUT2D eigenvalue weighted by Crippen LogP contribution is 2.43. The van der Waals surface area contributed by atoms with Crippen LogP contribution in [-0.2, 0) is 0 Å². The van der Waals surface area contributed by atoms with Crippen LogP contribution in [0, 0.1) is 0 Å². The predicted molar refractivity (Wildman–Crippen MR) is 299 cm³/mol. The number of rotatable bonds is 8. The molecule has 0 aliphatic rings. The fraction of sp³-hybridized carbons (Fsp3) is 0. The zero-order chi connectivity index (χ0) is 46.2. The maximum absolute atomic E-state index is 2.83. The van der Waals surface area contributed by atoms with Gasteiger partial charge in [-0.05, 0) is 80.9 Å². The molecule has 0 unspecified atom stereocenters. The third-order valence-corrected chi connectivity index (χ3v) is 19.5. The van der Waals surface area contributed by atoms with Gasteiger partial charge >= 0.3 is 0 Å². The lowest BCUT2D eigenvalue weighted by Crippen LogP contribution is -2.74. The minimum Gasteiger partial charge on any atom is -0.309 e. The molecule has 0 spiro atoms. The van der Waals surface area contributed by atoms with E-state index in [1.165, 1.54) is 97.3 Å². The number of para-hydroxylation sites is 6. The van der Waals surface area contributed by atoms with Crippen molar-refractivity contribution in [2.75, 3.05) is 0 Å². The summed E-state index contributed by atoms with van der Waals surface area (Å²) in [6.07, 6.45) is 0. The van der Waals surface area contributed by atoms with Gasteiger partial charge in [-0.25, -0.2) is 0 Å². The topological polar surface area (TPSA) is 14.8 Å². The maximum Gasteiger partial charge on any atom is 0.179 e. The largest absolute Gasteiger partial charge is 0.309 e. The van der Waals surface area contributed by atoms with Gasteiger partial charge in [-0.1, -0.05) is 218 Å². The highest BCUT2D eigenvalue weighted by atomic mass is 28.3. The molecule has 0 aliphatic heterocycles. The van der Waals surface area contributed by atoms with Gasteiger partial charge in [-0.3, -0.25) is 0 Å². The van der Waals surface area contributed by atoms with Crippen molar-refractivity contribution in [2.24, 2.45) is 0 Å². The summed E-state index contributed by atoms with van der Waals surface area (Å²) in [5.41, 5.74) is 12.9. The van der Waals surface area contributed by atoms with E-state index >= 15 is 0 Å². The van der Waals surface area contributed by atoms with Gasteiger partial charge in [0.25, 0.3) is 0 Å². The first kappa shape index (κ1) is 40.1. The standard InChI is InChI=1S/C66H45N3Si/c1-5-22-47(23-6-1)67-60-38-16-14-33-55(60)58-36-20-35-53(65(58)67)46-42-43-57-54-32-13-18-40-62(54)69(64(57)44-46)63-41-21-37-59-56-34-15-17-39-61(56)68(66(59)63)48-24-19-31-52(45-48)70(49-25-7-2-8-26-49,50-27-9-3-10-28-50)51-29-11-4-12-30-51/h1-45H. The van der Waals surface area contributed by atoms with Crippen LogP contribution in [0.4, 0.5) is 0 Å². The van der Waals surface area contributed by atoms with Crippen molar-refractivity contribution in [3.63, 3.8) is 0 Å². The molecule has 3 aromatic heterocycles. The average Bonchev–Trinajstić information content (AvgIpc) is 4.08. The Morgan fingerprint density at radius 1 is 0.243 bits per heavy atom. The quantitative estimate of drug-likeness (QED) is 0.107. The molecule has 4 heteroatoms. The van der Waals surface area contributed by atoms with E-state index in [2.05, 4.69) is 287 Å². The summed E-state index contributed by atoms with van der Waals surface area (Å²) in [4.78, 5) is 0. The van der Waals surface area contributed by atoms with Crippen LogP contribution in [0.3, 0.4) is 0 Å². The summed E-state index contributed by atoms with van der Waals surface area (Å²) in [6.45, 7) is 0. The van der Waals surface area contributed by atoms with Gasteiger partial charge in [-0.15, -0.1) is 0 Å². The molecule has 0 fully saturated rings. The zero-order valence-electron chi connectivity index (χ0n) is 38.3. The predicted octanol–water partition coefficient (Wildman–Crippen LogP) is 14.0. The third kappa shape index (κ3) is 5.94. The molecule has 0 bridgehead atoms. The van der Waals surface area contributed by atoms with Crippen molar-refractivity contribution in [3.05, 3.63) is 273 Å². The molecule has 0 saturated heterocycles. The SMILES string of the molecule is c1ccc(-n2c3ccccc3c3cccc(-c4ccc5c6ccccc6n(-c6cccc7c8ccccc8n(-c8cccc([Si](c9ccccc9)(c9ccccc9)c9ccccc9)c8)c67)c5c4)c32)cc1. The van der Waals surface area contributed by atoms with Crippen LogP contribution in [0.1, 0.15) is 0 Å². The van der Waals surface area contributed by atoms with Crippen molar-refractivity contribution in [1.82, 2.24) is 13.7 Å².